The maximum absolute atomic E-state index is 5.89. The molecule has 0 saturated heterocycles. The van der Waals surface area contributed by atoms with Gasteiger partial charge in [0, 0.05) is 38.5 Å². The van der Waals surface area contributed by atoms with Crippen LogP contribution in [0.25, 0.3) is 11.2 Å². The first kappa shape index (κ1) is 14.0. The van der Waals surface area contributed by atoms with Gasteiger partial charge in [-0.1, -0.05) is 0 Å². The van der Waals surface area contributed by atoms with Crippen LogP contribution >= 0.6 is 11.6 Å². The molecule has 0 spiro atoms. The highest BCUT2D eigenvalue weighted by molar-refractivity contribution is 6.17. The highest BCUT2D eigenvalue weighted by Crippen LogP contribution is 2.18. The molecule has 0 aliphatic heterocycles. The molecule has 3 aromatic heterocycles. The summed E-state index contributed by atoms with van der Waals surface area (Å²) in [7, 11) is 1.87. The fraction of sp³-hybridized carbons (Fsp3) is 0.429. The molecule has 0 aromatic carbocycles. The molecular weight excluding hydrogens is 288 g/mol. The number of aryl methyl sites for hydroxylation is 5. The number of fused-ring (bicyclic) bond motifs is 1. The summed E-state index contributed by atoms with van der Waals surface area (Å²) >= 11 is 5.89. The quantitative estimate of drug-likeness (QED) is 0.675. The summed E-state index contributed by atoms with van der Waals surface area (Å²) in [6.07, 6.45) is 5.01. The number of rotatable bonds is 5. The van der Waals surface area contributed by atoms with Crippen molar-refractivity contribution in [1.29, 1.82) is 0 Å². The van der Waals surface area contributed by atoms with E-state index < -0.39 is 0 Å². The van der Waals surface area contributed by atoms with Gasteiger partial charge >= 0.3 is 0 Å². The normalized spacial score (nSPS) is 11.4. The van der Waals surface area contributed by atoms with Crippen molar-refractivity contribution in [2.45, 2.75) is 26.3 Å². The third-order valence-corrected chi connectivity index (χ3v) is 3.63. The number of pyridine rings is 1. The summed E-state index contributed by atoms with van der Waals surface area (Å²) in [4.78, 5) is 13.4. The fourth-order valence-corrected chi connectivity index (χ4v) is 2.57. The molecule has 0 radical (unpaired) electrons. The first-order valence-electron chi connectivity index (χ1n) is 6.90. The van der Waals surface area contributed by atoms with Crippen molar-refractivity contribution in [3.63, 3.8) is 0 Å². The monoisotopic (exact) mass is 304 g/mol. The third kappa shape index (κ3) is 2.76. The number of halogens is 1. The van der Waals surface area contributed by atoms with Crippen LogP contribution in [0.15, 0.2) is 18.6 Å². The Hall–Kier alpha value is -1.95. The maximum atomic E-state index is 5.89. The van der Waals surface area contributed by atoms with Crippen LogP contribution in [0, 0.1) is 6.92 Å². The topological polar surface area (TPSA) is 61.4 Å². The van der Waals surface area contributed by atoms with E-state index in [2.05, 4.69) is 24.6 Å². The molecule has 3 aromatic rings. The molecule has 0 saturated carbocycles. The Kier molecular flexibility index (Phi) is 3.88. The lowest BCUT2D eigenvalue weighted by atomic mass is 10.3. The van der Waals surface area contributed by atoms with Gasteiger partial charge in [-0.15, -0.1) is 11.6 Å². The SMILES string of the molecule is Cc1ccnc2c1nc(CCCl)n2CCc1ncn(C)n1. The minimum Gasteiger partial charge on any atom is -0.312 e. The van der Waals surface area contributed by atoms with Crippen LogP contribution in [0.5, 0.6) is 0 Å². The Morgan fingerprint density at radius 1 is 1.24 bits per heavy atom. The molecule has 6 nitrogen and oxygen atoms in total. The zero-order valence-electron chi connectivity index (χ0n) is 12.1. The summed E-state index contributed by atoms with van der Waals surface area (Å²) in [6, 6.07) is 1.98. The minimum absolute atomic E-state index is 0.546. The van der Waals surface area contributed by atoms with E-state index in [1.807, 2.05) is 26.2 Å². The van der Waals surface area contributed by atoms with Gasteiger partial charge in [-0.2, -0.15) is 5.10 Å². The minimum atomic E-state index is 0.546. The third-order valence-electron chi connectivity index (χ3n) is 3.44. The summed E-state index contributed by atoms with van der Waals surface area (Å²) in [5.74, 6) is 2.34. The Balaban J connectivity index is 1.95. The van der Waals surface area contributed by atoms with Crippen LogP contribution in [0.3, 0.4) is 0 Å². The fourth-order valence-electron chi connectivity index (χ4n) is 2.40. The van der Waals surface area contributed by atoms with Gasteiger partial charge in [0.25, 0.3) is 0 Å². The molecule has 0 bridgehead atoms. The summed E-state index contributed by atoms with van der Waals surface area (Å²) in [5.41, 5.74) is 2.99. The second kappa shape index (κ2) is 5.81. The van der Waals surface area contributed by atoms with E-state index >= 15 is 0 Å². The number of hydrogen-bond acceptors (Lipinski definition) is 4. The maximum Gasteiger partial charge on any atom is 0.160 e. The molecular formula is C14H17ClN6. The van der Waals surface area contributed by atoms with Crippen molar-refractivity contribution in [3.8, 4) is 0 Å². The number of alkyl halides is 1. The van der Waals surface area contributed by atoms with Crippen molar-refractivity contribution in [3.05, 3.63) is 35.8 Å². The number of aromatic nitrogens is 6. The average molecular weight is 305 g/mol. The van der Waals surface area contributed by atoms with Crippen molar-refractivity contribution in [2.24, 2.45) is 7.05 Å². The van der Waals surface area contributed by atoms with Gasteiger partial charge in [-0.05, 0) is 18.6 Å². The standard InChI is InChI=1S/C14H17ClN6/c1-10-4-7-16-14-13(10)18-12(3-6-15)21(14)8-5-11-17-9-20(2)19-11/h4,7,9H,3,5-6,8H2,1-2H3. The van der Waals surface area contributed by atoms with Crippen LogP contribution in [0.2, 0.25) is 0 Å². The lowest BCUT2D eigenvalue weighted by Crippen LogP contribution is -2.08. The number of imidazole rings is 1. The molecule has 0 unspecified atom stereocenters. The second-order valence-corrected chi connectivity index (χ2v) is 5.38. The predicted octanol–water partition coefficient (Wildman–Crippen LogP) is 1.89. The van der Waals surface area contributed by atoms with Crippen molar-refractivity contribution in [2.75, 3.05) is 5.88 Å². The number of nitrogens with zero attached hydrogens (tertiary/aromatic N) is 6. The summed E-state index contributed by atoms with van der Waals surface area (Å²) in [6.45, 7) is 2.80. The van der Waals surface area contributed by atoms with Gasteiger partial charge < -0.3 is 4.57 Å². The molecule has 0 fully saturated rings. The van der Waals surface area contributed by atoms with Crippen LogP contribution in [-0.4, -0.2) is 35.2 Å². The molecule has 3 heterocycles. The average Bonchev–Trinajstić information content (AvgIpc) is 3.02. The molecule has 0 atom stereocenters. The van der Waals surface area contributed by atoms with E-state index in [4.69, 9.17) is 11.6 Å². The molecule has 0 amide bonds. The van der Waals surface area contributed by atoms with E-state index in [1.54, 1.807) is 11.0 Å². The Morgan fingerprint density at radius 3 is 2.81 bits per heavy atom. The first-order valence-corrected chi connectivity index (χ1v) is 7.43. The molecule has 21 heavy (non-hydrogen) atoms. The van der Waals surface area contributed by atoms with Crippen molar-refractivity contribution < 1.29 is 0 Å². The van der Waals surface area contributed by atoms with Gasteiger partial charge in [0.2, 0.25) is 0 Å². The van der Waals surface area contributed by atoms with E-state index in [0.717, 1.165) is 47.8 Å². The van der Waals surface area contributed by atoms with Crippen LogP contribution in [-0.2, 0) is 26.4 Å². The van der Waals surface area contributed by atoms with E-state index in [0.29, 0.717) is 5.88 Å². The number of hydrogen-bond donors (Lipinski definition) is 0. The largest absolute Gasteiger partial charge is 0.312 e. The smallest absolute Gasteiger partial charge is 0.160 e. The zero-order chi connectivity index (χ0) is 14.8. The molecule has 7 heteroatoms. The molecule has 0 N–H and O–H groups in total. The lowest BCUT2D eigenvalue weighted by Gasteiger charge is -2.06. The van der Waals surface area contributed by atoms with Crippen LogP contribution in [0.1, 0.15) is 17.2 Å². The highest BCUT2D eigenvalue weighted by Gasteiger charge is 2.13. The Labute approximate surface area is 127 Å². The highest BCUT2D eigenvalue weighted by atomic mass is 35.5. The van der Waals surface area contributed by atoms with Gasteiger partial charge in [0.05, 0.1) is 0 Å². The summed E-state index contributed by atoms with van der Waals surface area (Å²) in [5, 5.41) is 4.31. The zero-order valence-corrected chi connectivity index (χ0v) is 12.9. The van der Waals surface area contributed by atoms with E-state index in [-0.39, 0.29) is 0 Å². The van der Waals surface area contributed by atoms with Crippen molar-refractivity contribution in [1.82, 2.24) is 29.3 Å². The lowest BCUT2D eigenvalue weighted by molar-refractivity contribution is 0.642. The van der Waals surface area contributed by atoms with Crippen molar-refractivity contribution >= 4 is 22.8 Å². The van der Waals surface area contributed by atoms with Crippen LogP contribution < -0.4 is 0 Å². The first-order chi connectivity index (χ1) is 10.2. The van der Waals surface area contributed by atoms with E-state index in [1.165, 1.54) is 0 Å². The second-order valence-electron chi connectivity index (χ2n) is 5.00. The molecule has 0 aliphatic carbocycles. The Morgan fingerprint density at radius 2 is 2.10 bits per heavy atom. The van der Waals surface area contributed by atoms with Gasteiger partial charge in [0.15, 0.2) is 11.5 Å². The van der Waals surface area contributed by atoms with E-state index in [9.17, 15) is 0 Å². The molecule has 3 rings (SSSR count). The predicted molar refractivity (Wildman–Crippen MR) is 81.4 cm³/mol. The molecule has 0 aliphatic rings. The summed E-state index contributed by atoms with van der Waals surface area (Å²) < 4.78 is 3.84. The van der Waals surface area contributed by atoms with Crippen LogP contribution in [0.4, 0.5) is 0 Å². The van der Waals surface area contributed by atoms with Gasteiger partial charge in [-0.3, -0.25) is 4.68 Å². The Bertz CT molecular complexity index is 760. The van der Waals surface area contributed by atoms with Gasteiger partial charge in [0.1, 0.15) is 17.7 Å². The van der Waals surface area contributed by atoms with Gasteiger partial charge in [-0.25, -0.2) is 15.0 Å². The molecule has 110 valence electrons.